The SMILES string of the molecule is CCCCCCCN(C(=O)NCCCCCC)c1ccc(Sc2ccc(CC(=O)O)cc2)cc1. The summed E-state index contributed by atoms with van der Waals surface area (Å²) in [6.45, 7) is 5.84. The van der Waals surface area contributed by atoms with Crippen molar-refractivity contribution in [2.75, 3.05) is 18.0 Å². The minimum absolute atomic E-state index is 0.0126. The van der Waals surface area contributed by atoms with Gasteiger partial charge in [0.15, 0.2) is 0 Å². The highest BCUT2D eigenvalue weighted by Gasteiger charge is 2.15. The molecule has 0 heterocycles. The van der Waals surface area contributed by atoms with Crippen LogP contribution in [-0.4, -0.2) is 30.2 Å². The fraction of sp³-hybridized carbons (Fsp3) is 0.500. The maximum atomic E-state index is 12.9. The maximum Gasteiger partial charge on any atom is 0.321 e. The van der Waals surface area contributed by atoms with Gasteiger partial charge in [-0.05, 0) is 54.8 Å². The van der Waals surface area contributed by atoms with E-state index < -0.39 is 5.97 Å². The number of rotatable bonds is 16. The Kier molecular flexibility index (Phi) is 13.2. The first-order chi connectivity index (χ1) is 16.5. The molecule has 186 valence electrons. The highest BCUT2D eigenvalue weighted by Crippen LogP contribution is 2.30. The molecule has 0 unspecified atom stereocenters. The summed E-state index contributed by atoms with van der Waals surface area (Å²) in [5.41, 5.74) is 1.71. The van der Waals surface area contributed by atoms with E-state index in [1.54, 1.807) is 11.8 Å². The molecule has 2 aromatic carbocycles. The Morgan fingerprint density at radius 3 is 1.94 bits per heavy atom. The predicted molar refractivity (Wildman–Crippen MR) is 142 cm³/mol. The Morgan fingerprint density at radius 1 is 0.794 bits per heavy atom. The van der Waals surface area contributed by atoms with Gasteiger partial charge in [-0.25, -0.2) is 4.79 Å². The van der Waals surface area contributed by atoms with E-state index in [4.69, 9.17) is 5.11 Å². The molecule has 2 rings (SSSR count). The van der Waals surface area contributed by atoms with Crippen LogP contribution in [0.1, 0.15) is 77.2 Å². The molecular weight excluding hydrogens is 444 g/mol. The zero-order chi connectivity index (χ0) is 24.6. The van der Waals surface area contributed by atoms with Gasteiger partial charge in [0.1, 0.15) is 0 Å². The molecule has 0 aliphatic carbocycles. The number of carboxylic acids is 1. The fourth-order valence-corrected chi connectivity index (χ4v) is 4.56. The second kappa shape index (κ2) is 16.2. The number of carboxylic acid groups (broad SMARTS) is 1. The van der Waals surface area contributed by atoms with Crippen molar-refractivity contribution < 1.29 is 14.7 Å². The summed E-state index contributed by atoms with van der Waals surface area (Å²) in [6.07, 6.45) is 10.4. The Balaban J connectivity index is 1.98. The molecule has 0 saturated heterocycles. The highest BCUT2D eigenvalue weighted by molar-refractivity contribution is 7.99. The molecule has 0 fully saturated rings. The first kappa shape index (κ1) is 27.8. The van der Waals surface area contributed by atoms with Crippen molar-refractivity contribution in [2.24, 2.45) is 0 Å². The quantitative estimate of drug-likeness (QED) is 0.242. The number of amides is 2. The number of nitrogens with one attached hydrogen (secondary N) is 1. The molecule has 5 nitrogen and oxygen atoms in total. The second-order valence-corrected chi connectivity index (χ2v) is 9.82. The van der Waals surface area contributed by atoms with Crippen LogP contribution in [0.5, 0.6) is 0 Å². The smallest absolute Gasteiger partial charge is 0.321 e. The van der Waals surface area contributed by atoms with Gasteiger partial charge in [0, 0.05) is 28.6 Å². The number of hydrogen-bond acceptors (Lipinski definition) is 3. The lowest BCUT2D eigenvalue weighted by Gasteiger charge is -2.23. The monoisotopic (exact) mass is 484 g/mol. The van der Waals surface area contributed by atoms with E-state index in [0.29, 0.717) is 0 Å². The summed E-state index contributed by atoms with van der Waals surface area (Å²) in [7, 11) is 0. The van der Waals surface area contributed by atoms with Gasteiger partial charge in [-0.2, -0.15) is 0 Å². The topological polar surface area (TPSA) is 69.6 Å². The molecule has 6 heteroatoms. The van der Waals surface area contributed by atoms with Gasteiger partial charge >= 0.3 is 12.0 Å². The van der Waals surface area contributed by atoms with E-state index in [0.717, 1.165) is 59.8 Å². The minimum atomic E-state index is -0.823. The lowest BCUT2D eigenvalue weighted by Crippen LogP contribution is -2.41. The Hall–Kier alpha value is -2.47. The van der Waals surface area contributed by atoms with Crippen molar-refractivity contribution in [2.45, 2.75) is 87.8 Å². The molecular formula is C28H40N2O3S. The second-order valence-electron chi connectivity index (χ2n) is 8.67. The molecule has 0 saturated carbocycles. The largest absolute Gasteiger partial charge is 0.481 e. The summed E-state index contributed by atoms with van der Waals surface area (Å²) in [6, 6.07) is 15.7. The number of hydrogen-bond donors (Lipinski definition) is 2. The minimum Gasteiger partial charge on any atom is -0.481 e. The maximum absolute atomic E-state index is 12.9. The van der Waals surface area contributed by atoms with Crippen LogP contribution in [0, 0.1) is 0 Å². The van der Waals surface area contributed by atoms with E-state index >= 15 is 0 Å². The third-order valence-corrected chi connectivity index (χ3v) is 6.72. The van der Waals surface area contributed by atoms with E-state index in [1.807, 2.05) is 53.4 Å². The van der Waals surface area contributed by atoms with Gasteiger partial charge in [0.05, 0.1) is 6.42 Å². The molecule has 0 spiro atoms. The number of unbranched alkanes of at least 4 members (excludes halogenated alkanes) is 7. The van der Waals surface area contributed by atoms with Crippen molar-refractivity contribution in [1.29, 1.82) is 0 Å². The van der Waals surface area contributed by atoms with Gasteiger partial charge in [0.25, 0.3) is 0 Å². The molecule has 0 atom stereocenters. The van der Waals surface area contributed by atoms with Crippen molar-refractivity contribution in [3.05, 3.63) is 54.1 Å². The Bertz CT molecular complexity index is 853. The van der Waals surface area contributed by atoms with Gasteiger partial charge < -0.3 is 10.4 Å². The Morgan fingerprint density at radius 2 is 1.35 bits per heavy atom. The summed E-state index contributed by atoms with van der Waals surface area (Å²) in [4.78, 5) is 27.8. The first-order valence-electron chi connectivity index (χ1n) is 12.7. The van der Waals surface area contributed by atoms with Crippen molar-refractivity contribution >= 4 is 29.4 Å². The van der Waals surface area contributed by atoms with Crippen molar-refractivity contribution in [3.8, 4) is 0 Å². The summed E-state index contributed by atoms with van der Waals surface area (Å²) in [5.74, 6) is -0.823. The normalized spacial score (nSPS) is 10.8. The third kappa shape index (κ3) is 10.6. The van der Waals surface area contributed by atoms with Crippen LogP contribution in [0.15, 0.2) is 58.3 Å². The molecule has 2 amide bonds. The molecule has 0 aliphatic rings. The van der Waals surface area contributed by atoms with E-state index in [2.05, 4.69) is 19.2 Å². The number of nitrogens with zero attached hydrogens (tertiary/aromatic N) is 1. The summed E-state index contributed by atoms with van der Waals surface area (Å²) < 4.78 is 0. The molecule has 0 aliphatic heterocycles. The fourth-order valence-electron chi connectivity index (χ4n) is 3.74. The standard InChI is InChI=1S/C28H40N2O3S/c1-3-5-7-9-11-21-30(28(33)29-20-10-8-6-4-2)24-14-18-26(19-15-24)34-25-16-12-23(13-17-25)22-27(31)32/h12-19H,3-11,20-22H2,1-2H3,(H,29,33)(H,31,32). The van der Waals surface area contributed by atoms with Crippen LogP contribution in [0.3, 0.4) is 0 Å². The average Bonchev–Trinajstić information content (AvgIpc) is 2.83. The van der Waals surface area contributed by atoms with Gasteiger partial charge in [-0.3, -0.25) is 9.69 Å². The average molecular weight is 485 g/mol. The van der Waals surface area contributed by atoms with E-state index in [-0.39, 0.29) is 12.5 Å². The Labute approximate surface area is 209 Å². The molecule has 0 radical (unpaired) electrons. The molecule has 2 aromatic rings. The third-order valence-electron chi connectivity index (χ3n) is 5.70. The number of anilines is 1. The van der Waals surface area contributed by atoms with Crippen LogP contribution in [-0.2, 0) is 11.2 Å². The molecule has 2 N–H and O–H groups in total. The van der Waals surface area contributed by atoms with Crippen LogP contribution in [0.2, 0.25) is 0 Å². The van der Waals surface area contributed by atoms with Crippen LogP contribution < -0.4 is 10.2 Å². The molecule has 34 heavy (non-hydrogen) atoms. The van der Waals surface area contributed by atoms with E-state index in [9.17, 15) is 9.59 Å². The first-order valence-corrected chi connectivity index (χ1v) is 13.5. The number of aliphatic carboxylic acids is 1. The zero-order valence-electron chi connectivity index (χ0n) is 20.7. The number of carbonyl (C=O) groups is 2. The molecule has 0 aromatic heterocycles. The van der Waals surface area contributed by atoms with Crippen molar-refractivity contribution in [3.63, 3.8) is 0 Å². The molecule has 0 bridgehead atoms. The lowest BCUT2D eigenvalue weighted by molar-refractivity contribution is -0.136. The van der Waals surface area contributed by atoms with Gasteiger partial charge in [0.2, 0.25) is 0 Å². The number of benzene rings is 2. The van der Waals surface area contributed by atoms with Crippen LogP contribution in [0.25, 0.3) is 0 Å². The predicted octanol–water partition coefficient (Wildman–Crippen LogP) is 7.53. The van der Waals surface area contributed by atoms with Crippen LogP contribution in [0.4, 0.5) is 10.5 Å². The van der Waals surface area contributed by atoms with Crippen LogP contribution >= 0.6 is 11.8 Å². The summed E-state index contributed by atoms with van der Waals surface area (Å²) in [5, 5.41) is 12.0. The number of urea groups is 1. The van der Waals surface area contributed by atoms with E-state index in [1.165, 1.54) is 32.1 Å². The summed E-state index contributed by atoms with van der Waals surface area (Å²) >= 11 is 1.63. The zero-order valence-corrected chi connectivity index (χ0v) is 21.5. The lowest BCUT2D eigenvalue weighted by atomic mass is 10.1. The van der Waals surface area contributed by atoms with Gasteiger partial charge in [-0.1, -0.05) is 82.7 Å². The van der Waals surface area contributed by atoms with Crippen molar-refractivity contribution in [1.82, 2.24) is 5.32 Å². The highest BCUT2D eigenvalue weighted by atomic mass is 32.2. The number of carbonyl (C=O) groups excluding carboxylic acids is 1. The van der Waals surface area contributed by atoms with Gasteiger partial charge in [-0.15, -0.1) is 0 Å².